The normalized spacial score (nSPS) is 12.0. The van der Waals surface area contributed by atoms with Crippen molar-refractivity contribution in [2.75, 3.05) is 14.2 Å². The minimum atomic E-state index is -1.01. The van der Waals surface area contributed by atoms with Crippen LogP contribution in [-0.4, -0.2) is 25.3 Å². The molecule has 0 aliphatic heterocycles. The third-order valence-corrected chi connectivity index (χ3v) is 2.96. The number of aliphatic hydroxyl groups excluding tert-OH is 1. The summed E-state index contributed by atoms with van der Waals surface area (Å²) in [5.74, 6) is 0.279. The van der Waals surface area contributed by atoms with E-state index in [4.69, 9.17) is 9.15 Å². The Balaban J connectivity index is 2.36. The lowest BCUT2D eigenvalue weighted by Gasteiger charge is -2.13. The first-order valence-corrected chi connectivity index (χ1v) is 6.07. The van der Waals surface area contributed by atoms with Gasteiger partial charge in [-0.05, 0) is 31.2 Å². The molecule has 2 rings (SSSR count). The van der Waals surface area contributed by atoms with E-state index in [1.807, 2.05) is 19.1 Å². The van der Waals surface area contributed by atoms with Crippen LogP contribution >= 0.6 is 0 Å². The number of benzene rings is 1. The van der Waals surface area contributed by atoms with E-state index in [2.05, 4.69) is 4.74 Å². The summed E-state index contributed by atoms with van der Waals surface area (Å²) in [5, 5.41) is 10.4. The molecule has 5 heteroatoms. The number of aryl methyl sites for hydroxylation is 1. The fourth-order valence-corrected chi connectivity index (χ4v) is 1.93. The van der Waals surface area contributed by atoms with Crippen LogP contribution in [-0.2, 0) is 4.74 Å². The van der Waals surface area contributed by atoms with Crippen molar-refractivity contribution in [2.45, 2.75) is 13.0 Å². The Hall–Kier alpha value is -2.27. The summed E-state index contributed by atoms with van der Waals surface area (Å²) >= 11 is 0. The molecule has 1 aromatic carbocycles. The number of carbonyl (C=O) groups is 1. The Morgan fingerprint density at radius 1 is 1.25 bits per heavy atom. The molecule has 1 unspecified atom stereocenters. The lowest BCUT2D eigenvalue weighted by Crippen LogP contribution is -2.02. The highest BCUT2D eigenvalue weighted by molar-refractivity contribution is 5.86. The van der Waals surface area contributed by atoms with Crippen LogP contribution in [0, 0.1) is 6.92 Å². The zero-order valence-electron chi connectivity index (χ0n) is 11.5. The summed E-state index contributed by atoms with van der Waals surface area (Å²) in [7, 11) is 2.80. The summed E-state index contributed by atoms with van der Waals surface area (Å²) in [6.45, 7) is 1.91. The molecule has 0 saturated carbocycles. The van der Waals surface area contributed by atoms with Crippen LogP contribution < -0.4 is 4.74 Å². The molecule has 0 aliphatic carbocycles. The Morgan fingerprint density at radius 2 is 2.00 bits per heavy atom. The Bertz CT molecular complexity index is 614. The zero-order chi connectivity index (χ0) is 14.7. The summed E-state index contributed by atoms with van der Waals surface area (Å²) in [5.41, 5.74) is 1.57. The molecule has 0 bridgehead atoms. The highest BCUT2D eigenvalue weighted by Gasteiger charge is 2.21. The van der Waals surface area contributed by atoms with Crippen LogP contribution in [0.1, 0.15) is 33.5 Å². The predicted octanol–water partition coefficient (Wildman–Crippen LogP) is 2.46. The second kappa shape index (κ2) is 5.79. The fourth-order valence-electron chi connectivity index (χ4n) is 1.93. The summed E-state index contributed by atoms with van der Waals surface area (Å²) in [4.78, 5) is 11.3. The number of furan rings is 1. The van der Waals surface area contributed by atoms with Gasteiger partial charge in [-0.25, -0.2) is 4.79 Å². The molecule has 1 aromatic heterocycles. The zero-order valence-corrected chi connectivity index (χ0v) is 11.5. The summed E-state index contributed by atoms with van der Waals surface area (Å²) < 4.78 is 15.1. The molecule has 0 spiro atoms. The van der Waals surface area contributed by atoms with Crippen LogP contribution in [0.4, 0.5) is 0 Å². The standard InChI is InChI=1S/C15H16O5/c1-9-4-5-11(18-2)10(8-9)14(16)12-6-7-13(20-12)15(17)19-3/h4-8,14,16H,1-3H3. The molecule has 0 aliphatic rings. The quantitative estimate of drug-likeness (QED) is 0.869. The lowest BCUT2D eigenvalue weighted by molar-refractivity contribution is 0.0558. The molecule has 1 atom stereocenters. The van der Waals surface area contributed by atoms with Crippen molar-refractivity contribution in [3.05, 3.63) is 53.0 Å². The maximum absolute atomic E-state index is 11.3. The van der Waals surface area contributed by atoms with E-state index in [-0.39, 0.29) is 11.5 Å². The van der Waals surface area contributed by atoms with Gasteiger partial charge in [-0.1, -0.05) is 11.6 Å². The predicted molar refractivity (Wildman–Crippen MR) is 71.8 cm³/mol. The minimum Gasteiger partial charge on any atom is -0.496 e. The van der Waals surface area contributed by atoms with Crippen LogP contribution in [0.15, 0.2) is 34.7 Å². The number of ether oxygens (including phenoxy) is 2. The second-order valence-electron chi connectivity index (χ2n) is 4.34. The number of rotatable bonds is 4. The third kappa shape index (κ3) is 2.67. The molecule has 0 saturated heterocycles. The maximum Gasteiger partial charge on any atom is 0.373 e. The van der Waals surface area contributed by atoms with Crippen LogP contribution in [0.3, 0.4) is 0 Å². The minimum absolute atomic E-state index is 0.0492. The van der Waals surface area contributed by atoms with Crippen molar-refractivity contribution < 1.29 is 23.8 Å². The monoisotopic (exact) mass is 276 g/mol. The number of methoxy groups -OCH3 is 2. The number of carbonyl (C=O) groups excluding carboxylic acids is 1. The molecular weight excluding hydrogens is 260 g/mol. The van der Waals surface area contributed by atoms with E-state index < -0.39 is 12.1 Å². The van der Waals surface area contributed by atoms with Gasteiger partial charge in [0, 0.05) is 5.56 Å². The van der Waals surface area contributed by atoms with Crippen molar-refractivity contribution in [2.24, 2.45) is 0 Å². The van der Waals surface area contributed by atoms with Gasteiger partial charge in [0.2, 0.25) is 5.76 Å². The average Bonchev–Trinajstić information content (AvgIpc) is 2.95. The van der Waals surface area contributed by atoms with Crippen molar-refractivity contribution in [3.63, 3.8) is 0 Å². The fraction of sp³-hybridized carbons (Fsp3) is 0.267. The van der Waals surface area contributed by atoms with E-state index >= 15 is 0 Å². The van der Waals surface area contributed by atoms with Gasteiger partial charge in [-0.2, -0.15) is 0 Å². The first kappa shape index (κ1) is 14.1. The smallest absolute Gasteiger partial charge is 0.373 e. The van der Waals surface area contributed by atoms with Gasteiger partial charge in [0.1, 0.15) is 17.6 Å². The first-order valence-electron chi connectivity index (χ1n) is 6.07. The summed E-state index contributed by atoms with van der Waals surface area (Å²) in [6.07, 6.45) is -1.01. The molecular formula is C15H16O5. The van der Waals surface area contributed by atoms with Crippen molar-refractivity contribution in [3.8, 4) is 5.75 Å². The average molecular weight is 276 g/mol. The molecule has 0 amide bonds. The number of hydrogen-bond donors (Lipinski definition) is 1. The van der Waals surface area contributed by atoms with E-state index in [9.17, 15) is 9.90 Å². The van der Waals surface area contributed by atoms with Crippen molar-refractivity contribution >= 4 is 5.97 Å². The molecule has 1 N–H and O–H groups in total. The van der Waals surface area contributed by atoms with E-state index in [0.717, 1.165) is 5.56 Å². The van der Waals surface area contributed by atoms with Crippen LogP contribution in [0.25, 0.3) is 0 Å². The molecule has 106 valence electrons. The summed E-state index contributed by atoms with van der Waals surface area (Å²) in [6, 6.07) is 8.48. The lowest BCUT2D eigenvalue weighted by atomic mass is 10.0. The largest absolute Gasteiger partial charge is 0.496 e. The molecule has 20 heavy (non-hydrogen) atoms. The van der Waals surface area contributed by atoms with Gasteiger partial charge in [0.05, 0.1) is 14.2 Å². The Labute approximate surface area is 116 Å². The van der Waals surface area contributed by atoms with Crippen LogP contribution in [0.2, 0.25) is 0 Å². The van der Waals surface area contributed by atoms with E-state index in [1.54, 1.807) is 12.1 Å². The third-order valence-electron chi connectivity index (χ3n) is 2.96. The first-order chi connectivity index (χ1) is 9.56. The van der Waals surface area contributed by atoms with E-state index in [0.29, 0.717) is 11.3 Å². The second-order valence-corrected chi connectivity index (χ2v) is 4.34. The van der Waals surface area contributed by atoms with Gasteiger partial charge >= 0.3 is 5.97 Å². The molecule has 0 fully saturated rings. The van der Waals surface area contributed by atoms with Crippen LogP contribution in [0.5, 0.6) is 5.75 Å². The number of hydrogen-bond acceptors (Lipinski definition) is 5. The van der Waals surface area contributed by atoms with Crippen molar-refractivity contribution in [1.29, 1.82) is 0 Å². The highest BCUT2D eigenvalue weighted by atomic mass is 16.5. The SMILES string of the molecule is COC(=O)c1ccc(C(O)c2cc(C)ccc2OC)o1. The van der Waals surface area contributed by atoms with Gasteiger partial charge < -0.3 is 19.0 Å². The Kier molecular flexibility index (Phi) is 4.10. The van der Waals surface area contributed by atoms with Gasteiger partial charge in [-0.15, -0.1) is 0 Å². The van der Waals surface area contributed by atoms with Gasteiger partial charge in [0.25, 0.3) is 0 Å². The van der Waals surface area contributed by atoms with Gasteiger partial charge in [0.15, 0.2) is 0 Å². The van der Waals surface area contributed by atoms with Crippen molar-refractivity contribution in [1.82, 2.24) is 0 Å². The molecule has 5 nitrogen and oxygen atoms in total. The molecule has 2 aromatic rings. The van der Waals surface area contributed by atoms with E-state index in [1.165, 1.54) is 20.3 Å². The maximum atomic E-state index is 11.3. The molecule has 0 radical (unpaired) electrons. The highest BCUT2D eigenvalue weighted by Crippen LogP contribution is 2.31. The Morgan fingerprint density at radius 3 is 2.65 bits per heavy atom. The topological polar surface area (TPSA) is 68.9 Å². The van der Waals surface area contributed by atoms with Gasteiger partial charge in [-0.3, -0.25) is 0 Å². The number of aliphatic hydroxyl groups is 1. The molecule has 1 heterocycles. The number of esters is 1.